The van der Waals surface area contributed by atoms with Crippen LogP contribution in [0.4, 0.5) is 0 Å². The maximum atomic E-state index is 3.43. The Labute approximate surface area is 101 Å². The van der Waals surface area contributed by atoms with Crippen LogP contribution in [0, 0.1) is 5.92 Å². The molecule has 0 aliphatic carbocycles. The molecular weight excluding hydrogens is 214 g/mol. The van der Waals surface area contributed by atoms with Gasteiger partial charge in [0.05, 0.1) is 0 Å². The number of rotatable bonds is 4. The van der Waals surface area contributed by atoms with E-state index in [0.29, 0.717) is 6.04 Å². The van der Waals surface area contributed by atoms with E-state index in [-0.39, 0.29) is 0 Å². The first kappa shape index (κ1) is 11.6. The van der Waals surface area contributed by atoms with Crippen LogP contribution in [0.25, 0.3) is 10.1 Å². The fourth-order valence-corrected chi connectivity index (χ4v) is 3.16. The Balaban J connectivity index is 2.37. The second-order valence-corrected chi connectivity index (χ2v) is 5.57. The zero-order chi connectivity index (χ0) is 11.5. The van der Waals surface area contributed by atoms with Gasteiger partial charge in [-0.15, -0.1) is 11.3 Å². The van der Waals surface area contributed by atoms with Crippen LogP contribution in [0.3, 0.4) is 0 Å². The Kier molecular flexibility index (Phi) is 3.62. The van der Waals surface area contributed by atoms with Crippen molar-refractivity contribution in [3.8, 4) is 0 Å². The SMILES string of the molecule is CNC(CC(C)C)c1csc2ccccc12. The van der Waals surface area contributed by atoms with Gasteiger partial charge in [0.25, 0.3) is 0 Å². The third-order valence-electron chi connectivity index (χ3n) is 2.94. The van der Waals surface area contributed by atoms with Crippen LogP contribution < -0.4 is 5.32 Å². The van der Waals surface area contributed by atoms with Crippen molar-refractivity contribution in [2.24, 2.45) is 5.92 Å². The number of hydrogen-bond acceptors (Lipinski definition) is 2. The molecule has 1 unspecified atom stereocenters. The van der Waals surface area contributed by atoms with Crippen molar-refractivity contribution in [2.45, 2.75) is 26.3 Å². The molecule has 2 heteroatoms. The zero-order valence-corrected chi connectivity index (χ0v) is 11.0. The molecule has 1 nitrogen and oxygen atoms in total. The topological polar surface area (TPSA) is 12.0 Å². The summed E-state index contributed by atoms with van der Waals surface area (Å²) in [5.41, 5.74) is 1.46. The van der Waals surface area contributed by atoms with Crippen molar-refractivity contribution >= 4 is 21.4 Å². The summed E-state index contributed by atoms with van der Waals surface area (Å²) in [6.45, 7) is 4.55. The first-order chi connectivity index (χ1) is 7.72. The van der Waals surface area contributed by atoms with Gasteiger partial charge in [-0.05, 0) is 41.8 Å². The molecule has 1 aromatic carbocycles. The molecular formula is C14H19NS. The number of fused-ring (bicyclic) bond motifs is 1. The summed E-state index contributed by atoms with van der Waals surface area (Å²) in [6.07, 6.45) is 1.19. The molecule has 0 radical (unpaired) electrons. The highest BCUT2D eigenvalue weighted by molar-refractivity contribution is 7.17. The van der Waals surface area contributed by atoms with Gasteiger partial charge in [-0.2, -0.15) is 0 Å². The van der Waals surface area contributed by atoms with Crippen molar-refractivity contribution in [1.82, 2.24) is 5.32 Å². The van der Waals surface area contributed by atoms with E-state index in [2.05, 4.69) is 55.9 Å². The molecule has 0 amide bonds. The van der Waals surface area contributed by atoms with Gasteiger partial charge in [0.15, 0.2) is 0 Å². The predicted molar refractivity (Wildman–Crippen MR) is 73.1 cm³/mol. The summed E-state index contributed by atoms with van der Waals surface area (Å²) < 4.78 is 1.39. The second-order valence-electron chi connectivity index (χ2n) is 4.66. The standard InChI is InChI=1S/C14H19NS/c1-10(2)8-13(15-3)12-9-16-14-7-5-4-6-11(12)14/h4-7,9-10,13,15H,8H2,1-3H3. The predicted octanol–water partition coefficient (Wildman–Crippen LogP) is 4.21. The van der Waals surface area contributed by atoms with Gasteiger partial charge in [-0.1, -0.05) is 32.0 Å². The quantitative estimate of drug-likeness (QED) is 0.834. The van der Waals surface area contributed by atoms with Crippen LogP contribution in [0.2, 0.25) is 0 Å². The minimum absolute atomic E-state index is 0.483. The van der Waals surface area contributed by atoms with Gasteiger partial charge >= 0.3 is 0 Å². The van der Waals surface area contributed by atoms with Gasteiger partial charge in [0, 0.05) is 10.7 Å². The third kappa shape index (κ3) is 2.28. The molecule has 1 atom stereocenters. The molecule has 0 fully saturated rings. The van der Waals surface area contributed by atoms with Gasteiger partial charge in [0.2, 0.25) is 0 Å². The molecule has 1 heterocycles. The molecule has 0 saturated carbocycles. The highest BCUT2D eigenvalue weighted by atomic mass is 32.1. The van der Waals surface area contributed by atoms with E-state index in [0.717, 1.165) is 5.92 Å². The Morgan fingerprint density at radius 2 is 2.00 bits per heavy atom. The van der Waals surface area contributed by atoms with E-state index in [1.165, 1.54) is 22.1 Å². The van der Waals surface area contributed by atoms with E-state index in [1.54, 1.807) is 0 Å². The molecule has 0 bridgehead atoms. The molecule has 0 spiro atoms. The smallest absolute Gasteiger partial charge is 0.0346 e. The van der Waals surface area contributed by atoms with Crippen LogP contribution in [0.5, 0.6) is 0 Å². The zero-order valence-electron chi connectivity index (χ0n) is 10.2. The van der Waals surface area contributed by atoms with E-state index in [4.69, 9.17) is 0 Å². The molecule has 2 aromatic rings. The van der Waals surface area contributed by atoms with Gasteiger partial charge in [0.1, 0.15) is 0 Å². The van der Waals surface area contributed by atoms with Crippen molar-refractivity contribution in [3.05, 3.63) is 35.2 Å². The number of benzene rings is 1. The van der Waals surface area contributed by atoms with E-state index in [1.807, 2.05) is 11.3 Å². The Morgan fingerprint density at radius 1 is 1.25 bits per heavy atom. The lowest BCUT2D eigenvalue weighted by Crippen LogP contribution is -2.17. The largest absolute Gasteiger partial charge is 0.313 e. The molecule has 1 N–H and O–H groups in total. The van der Waals surface area contributed by atoms with Crippen molar-refractivity contribution < 1.29 is 0 Å². The average Bonchev–Trinajstić information content (AvgIpc) is 2.69. The van der Waals surface area contributed by atoms with Crippen LogP contribution >= 0.6 is 11.3 Å². The Hall–Kier alpha value is -0.860. The maximum Gasteiger partial charge on any atom is 0.0346 e. The molecule has 16 heavy (non-hydrogen) atoms. The molecule has 1 aromatic heterocycles. The monoisotopic (exact) mass is 233 g/mol. The Bertz CT molecular complexity index is 458. The van der Waals surface area contributed by atoms with Gasteiger partial charge in [-0.3, -0.25) is 0 Å². The fraction of sp³-hybridized carbons (Fsp3) is 0.429. The highest BCUT2D eigenvalue weighted by Crippen LogP contribution is 2.32. The Morgan fingerprint density at radius 3 is 2.69 bits per heavy atom. The van der Waals surface area contributed by atoms with E-state index < -0.39 is 0 Å². The van der Waals surface area contributed by atoms with Crippen molar-refractivity contribution in [2.75, 3.05) is 7.05 Å². The second kappa shape index (κ2) is 4.98. The van der Waals surface area contributed by atoms with Crippen LogP contribution in [-0.2, 0) is 0 Å². The van der Waals surface area contributed by atoms with Gasteiger partial charge in [-0.25, -0.2) is 0 Å². The van der Waals surface area contributed by atoms with Crippen LogP contribution in [-0.4, -0.2) is 7.05 Å². The molecule has 86 valence electrons. The van der Waals surface area contributed by atoms with Crippen molar-refractivity contribution in [3.63, 3.8) is 0 Å². The first-order valence-corrected chi connectivity index (χ1v) is 6.73. The summed E-state index contributed by atoms with van der Waals surface area (Å²) in [5, 5.41) is 7.14. The van der Waals surface area contributed by atoms with Crippen LogP contribution in [0.1, 0.15) is 31.9 Å². The lowest BCUT2D eigenvalue weighted by Gasteiger charge is -2.18. The van der Waals surface area contributed by atoms with E-state index >= 15 is 0 Å². The number of thiophene rings is 1. The highest BCUT2D eigenvalue weighted by Gasteiger charge is 2.14. The fourth-order valence-electron chi connectivity index (χ4n) is 2.14. The van der Waals surface area contributed by atoms with Crippen molar-refractivity contribution in [1.29, 1.82) is 0 Å². The number of nitrogens with one attached hydrogen (secondary N) is 1. The first-order valence-electron chi connectivity index (χ1n) is 5.85. The summed E-state index contributed by atoms with van der Waals surface area (Å²) in [7, 11) is 2.06. The summed E-state index contributed by atoms with van der Waals surface area (Å²) >= 11 is 1.84. The molecule has 0 aliphatic rings. The molecule has 0 saturated heterocycles. The molecule has 0 aliphatic heterocycles. The number of hydrogen-bond donors (Lipinski definition) is 1. The van der Waals surface area contributed by atoms with Gasteiger partial charge < -0.3 is 5.32 Å². The third-order valence-corrected chi connectivity index (χ3v) is 3.92. The normalized spacial score (nSPS) is 13.5. The van der Waals surface area contributed by atoms with E-state index in [9.17, 15) is 0 Å². The minimum atomic E-state index is 0.483. The van der Waals surface area contributed by atoms with Crippen LogP contribution in [0.15, 0.2) is 29.6 Å². The lowest BCUT2D eigenvalue weighted by atomic mass is 9.97. The average molecular weight is 233 g/mol. The summed E-state index contributed by atoms with van der Waals surface area (Å²) in [5.74, 6) is 0.719. The minimum Gasteiger partial charge on any atom is -0.313 e. The maximum absolute atomic E-state index is 3.43. The summed E-state index contributed by atoms with van der Waals surface area (Å²) in [6, 6.07) is 9.15. The summed E-state index contributed by atoms with van der Waals surface area (Å²) in [4.78, 5) is 0. The lowest BCUT2D eigenvalue weighted by molar-refractivity contribution is 0.459. The molecule has 2 rings (SSSR count).